The van der Waals surface area contributed by atoms with E-state index in [1.165, 1.54) is 24.3 Å². The fourth-order valence-corrected chi connectivity index (χ4v) is 2.04. The Balaban J connectivity index is 0.000000300. The topological polar surface area (TPSA) is 81.1 Å². The van der Waals surface area contributed by atoms with E-state index in [2.05, 4.69) is 0 Å². The molecule has 0 aliphatic rings. The van der Waals surface area contributed by atoms with Crippen LogP contribution in [0.15, 0.2) is 61.0 Å². The maximum atomic E-state index is 12.6. The normalized spacial score (nSPS) is 10.6. The molecule has 0 aliphatic heterocycles. The van der Waals surface area contributed by atoms with Crippen molar-refractivity contribution in [2.75, 3.05) is 28.2 Å². The Bertz CT molecular complexity index is 877. The lowest BCUT2D eigenvalue weighted by atomic mass is 10.1. The third kappa shape index (κ3) is 8.14. The Morgan fingerprint density at radius 3 is 1.33 bits per heavy atom. The zero-order valence-corrected chi connectivity index (χ0v) is 17.1. The number of rotatable bonds is 6. The molecule has 160 valence electrons. The smallest absolute Gasteiger partial charge is 0.190 e. The van der Waals surface area contributed by atoms with Gasteiger partial charge < -0.3 is 20.0 Å². The maximum absolute atomic E-state index is 12.6. The number of carbonyl (C=O) groups excluding carboxylic acids is 2. The van der Waals surface area contributed by atoms with Crippen LogP contribution in [-0.4, -0.2) is 59.8 Å². The minimum absolute atomic E-state index is 0.0921. The molecule has 0 amide bonds. The van der Waals surface area contributed by atoms with Gasteiger partial charge >= 0.3 is 0 Å². The van der Waals surface area contributed by atoms with Gasteiger partial charge in [0.05, 0.1) is 11.1 Å². The SMILES string of the molecule is CN(C)/C=C/C(=O)c1ccc(F)cc1O.CN(C)/C=C/C(=O)c1ccc(F)cc1O. The number of phenolic OH excluding ortho intramolecular Hbond substituents is 2. The molecule has 0 aromatic heterocycles. The van der Waals surface area contributed by atoms with Crippen molar-refractivity contribution in [3.8, 4) is 11.5 Å². The Labute approximate surface area is 174 Å². The van der Waals surface area contributed by atoms with E-state index in [0.717, 1.165) is 24.3 Å². The summed E-state index contributed by atoms with van der Waals surface area (Å²) < 4.78 is 25.3. The Morgan fingerprint density at radius 2 is 1.07 bits per heavy atom. The minimum atomic E-state index is -0.569. The lowest BCUT2D eigenvalue weighted by Gasteiger charge is -2.03. The molecule has 2 N–H and O–H groups in total. The number of halogens is 2. The fourth-order valence-electron chi connectivity index (χ4n) is 2.04. The number of hydrogen-bond acceptors (Lipinski definition) is 6. The molecule has 0 fully saturated rings. The minimum Gasteiger partial charge on any atom is -0.507 e. The first kappa shape index (κ1) is 24.4. The predicted octanol–water partition coefficient (Wildman–Crippen LogP) is 3.58. The highest BCUT2D eigenvalue weighted by atomic mass is 19.1. The zero-order chi connectivity index (χ0) is 22.8. The molecule has 0 unspecified atom stereocenters. The summed E-state index contributed by atoms with van der Waals surface area (Å²) in [5, 5.41) is 18.6. The van der Waals surface area contributed by atoms with Crippen LogP contribution in [0.5, 0.6) is 11.5 Å². The molecule has 0 atom stereocenters. The monoisotopic (exact) mass is 418 g/mol. The Morgan fingerprint density at radius 1 is 0.733 bits per heavy atom. The van der Waals surface area contributed by atoms with Gasteiger partial charge in [0.1, 0.15) is 23.1 Å². The van der Waals surface area contributed by atoms with E-state index in [0.29, 0.717) is 0 Å². The summed E-state index contributed by atoms with van der Waals surface area (Å²) in [5.74, 6) is -2.55. The number of allylic oxidation sites excluding steroid dienone is 2. The summed E-state index contributed by atoms with van der Waals surface area (Å²) in [6.07, 6.45) is 5.75. The zero-order valence-electron chi connectivity index (χ0n) is 17.1. The van der Waals surface area contributed by atoms with Crippen LogP contribution in [0.1, 0.15) is 20.7 Å². The van der Waals surface area contributed by atoms with Crippen LogP contribution in [-0.2, 0) is 0 Å². The molecule has 8 heteroatoms. The summed E-state index contributed by atoms with van der Waals surface area (Å²) in [6.45, 7) is 0. The lowest BCUT2D eigenvalue weighted by Crippen LogP contribution is -2.03. The van der Waals surface area contributed by atoms with Crippen LogP contribution >= 0.6 is 0 Å². The molecule has 2 rings (SSSR count). The van der Waals surface area contributed by atoms with Gasteiger partial charge in [-0.05, 0) is 24.3 Å². The number of phenols is 2. The molecule has 0 heterocycles. The third-order valence-electron chi connectivity index (χ3n) is 3.50. The van der Waals surface area contributed by atoms with Crippen LogP contribution in [0.3, 0.4) is 0 Å². The van der Waals surface area contributed by atoms with Crippen molar-refractivity contribution >= 4 is 11.6 Å². The summed E-state index contributed by atoms with van der Waals surface area (Å²) in [6, 6.07) is 6.61. The van der Waals surface area contributed by atoms with Crippen LogP contribution in [0.2, 0.25) is 0 Å². The molecule has 30 heavy (non-hydrogen) atoms. The maximum Gasteiger partial charge on any atom is 0.190 e. The quantitative estimate of drug-likeness (QED) is 0.551. The van der Waals surface area contributed by atoms with Gasteiger partial charge in [-0.1, -0.05) is 0 Å². The van der Waals surface area contributed by atoms with Gasteiger partial charge in [-0.15, -0.1) is 0 Å². The summed E-state index contributed by atoms with van der Waals surface area (Å²) >= 11 is 0. The van der Waals surface area contributed by atoms with Crippen LogP contribution in [0.4, 0.5) is 8.78 Å². The average molecular weight is 418 g/mol. The van der Waals surface area contributed by atoms with Gasteiger partial charge in [0, 0.05) is 64.9 Å². The molecule has 2 aromatic rings. The van der Waals surface area contributed by atoms with E-state index < -0.39 is 11.6 Å². The first-order valence-corrected chi connectivity index (χ1v) is 8.76. The summed E-state index contributed by atoms with van der Waals surface area (Å²) in [4.78, 5) is 26.4. The van der Waals surface area contributed by atoms with Crippen molar-refractivity contribution in [2.24, 2.45) is 0 Å². The highest BCUT2D eigenvalue weighted by Gasteiger charge is 2.09. The van der Waals surface area contributed by atoms with Crippen molar-refractivity contribution < 1.29 is 28.6 Å². The van der Waals surface area contributed by atoms with Crippen LogP contribution < -0.4 is 0 Å². The van der Waals surface area contributed by atoms with E-state index in [1.54, 1.807) is 50.4 Å². The van der Waals surface area contributed by atoms with Crippen molar-refractivity contribution in [2.45, 2.75) is 0 Å². The fraction of sp³-hybridized carbons (Fsp3) is 0.182. The number of nitrogens with zero attached hydrogens (tertiary/aromatic N) is 2. The average Bonchev–Trinajstić information content (AvgIpc) is 2.64. The van der Waals surface area contributed by atoms with Gasteiger partial charge in [0.25, 0.3) is 0 Å². The van der Waals surface area contributed by atoms with Gasteiger partial charge in [0.15, 0.2) is 11.6 Å². The largest absolute Gasteiger partial charge is 0.507 e. The molecular formula is C22H24F2N2O4. The molecule has 0 saturated heterocycles. The predicted molar refractivity (Wildman–Crippen MR) is 110 cm³/mol. The molecule has 0 radical (unpaired) electrons. The number of aromatic hydroxyl groups is 2. The van der Waals surface area contributed by atoms with Crippen molar-refractivity contribution in [3.05, 3.63) is 83.7 Å². The van der Waals surface area contributed by atoms with E-state index in [9.17, 15) is 28.6 Å². The van der Waals surface area contributed by atoms with Crippen LogP contribution in [0.25, 0.3) is 0 Å². The van der Waals surface area contributed by atoms with E-state index >= 15 is 0 Å². The van der Waals surface area contributed by atoms with Gasteiger partial charge in [-0.25, -0.2) is 8.78 Å². The second kappa shape index (κ2) is 11.4. The molecule has 6 nitrogen and oxygen atoms in total. The lowest BCUT2D eigenvalue weighted by molar-refractivity contribution is 0.103. The molecule has 0 bridgehead atoms. The number of carbonyl (C=O) groups is 2. The van der Waals surface area contributed by atoms with Crippen molar-refractivity contribution in [3.63, 3.8) is 0 Å². The Kier molecular flexibility index (Phi) is 9.22. The molecule has 2 aromatic carbocycles. The molecule has 0 spiro atoms. The Hall–Kier alpha value is -3.68. The standard InChI is InChI=1S/2C11H12FNO2/c2*1-13(2)6-5-10(14)9-4-3-8(12)7-11(9)15/h2*3-7,15H,1-2H3/b2*6-5+. The first-order chi connectivity index (χ1) is 14.0. The van der Waals surface area contributed by atoms with Crippen LogP contribution in [0, 0.1) is 11.6 Å². The second-order valence-corrected chi connectivity index (χ2v) is 6.61. The second-order valence-electron chi connectivity index (χ2n) is 6.61. The van der Waals surface area contributed by atoms with Crippen molar-refractivity contribution in [1.29, 1.82) is 0 Å². The highest BCUT2D eigenvalue weighted by Crippen LogP contribution is 2.19. The third-order valence-corrected chi connectivity index (χ3v) is 3.50. The highest BCUT2D eigenvalue weighted by molar-refractivity contribution is 6.06. The molecular weight excluding hydrogens is 394 g/mol. The van der Waals surface area contributed by atoms with Gasteiger partial charge in [-0.3, -0.25) is 9.59 Å². The van der Waals surface area contributed by atoms with E-state index in [1.807, 2.05) is 0 Å². The van der Waals surface area contributed by atoms with Gasteiger partial charge in [0.2, 0.25) is 0 Å². The number of hydrogen-bond donors (Lipinski definition) is 2. The van der Waals surface area contributed by atoms with Crippen molar-refractivity contribution in [1.82, 2.24) is 9.80 Å². The summed E-state index contributed by atoms with van der Waals surface area (Å²) in [7, 11) is 7.09. The van der Waals surface area contributed by atoms with Gasteiger partial charge in [-0.2, -0.15) is 0 Å². The molecule has 0 aliphatic carbocycles. The molecule has 0 saturated carbocycles. The first-order valence-electron chi connectivity index (χ1n) is 8.76. The van der Waals surface area contributed by atoms with E-state index in [4.69, 9.17) is 0 Å². The number of ketones is 2. The van der Waals surface area contributed by atoms with E-state index in [-0.39, 0.29) is 34.2 Å². The number of benzene rings is 2. The summed E-state index contributed by atoms with van der Waals surface area (Å²) in [5.41, 5.74) is 0.184.